The van der Waals surface area contributed by atoms with E-state index in [0.717, 1.165) is 37.2 Å². The van der Waals surface area contributed by atoms with Crippen molar-refractivity contribution in [3.05, 3.63) is 65.2 Å². The van der Waals surface area contributed by atoms with Crippen molar-refractivity contribution >= 4 is 5.97 Å². The van der Waals surface area contributed by atoms with E-state index in [9.17, 15) is 9.90 Å². The number of rotatable bonds is 6. The summed E-state index contributed by atoms with van der Waals surface area (Å²) >= 11 is 0. The van der Waals surface area contributed by atoms with Crippen LogP contribution in [0.15, 0.2) is 48.5 Å². The van der Waals surface area contributed by atoms with Crippen LogP contribution in [0, 0.1) is 0 Å². The average molecular weight is 325 g/mol. The third-order valence-corrected chi connectivity index (χ3v) is 4.45. The molecule has 0 radical (unpaired) electrons. The number of fused-ring (bicyclic) bond motifs is 1. The molecule has 2 aromatic rings. The maximum Gasteiger partial charge on any atom is 0.335 e. The summed E-state index contributed by atoms with van der Waals surface area (Å²) in [5.41, 5.74) is 2.60. The molecule has 0 saturated carbocycles. The molecule has 126 valence electrons. The van der Waals surface area contributed by atoms with Gasteiger partial charge in [0.05, 0.1) is 5.56 Å². The Morgan fingerprint density at radius 3 is 2.75 bits per heavy atom. The van der Waals surface area contributed by atoms with Crippen LogP contribution in [0.1, 0.15) is 34.8 Å². The summed E-state index contributed by atoms with van der Waals surface area (Å²) in [6.07, 6.45) is 1.90. The summed E-state index contributed by atoms with van der Waals surface area (Å²) in [7, 11) is 0. The SMILES string of the molecule is CCCN(Cc1ccccc1)[C@@H]1COc2ccc(C(=O)O)cc2C1. The van der Waals surface area contributed by atoms with Gasteiger partial charge in [-0.05, 0) is 48.7 Å². The maximum atomic E-state index is 11.2. The summed E-state index contributed by atoms with van der Waals surface area (Å²) in [6.45, 7) is 4.71. The molecule has 1 aliphatic heterocycles. The smallest absolute Gasteiger partial charge is 0.335 e. The third kappa shape index (κ3) is 3.77. The zero-order valence-corrected chi connectivity index (χ0v) is 13.9. The van der Waals surface area contributed by atoms with Crippen molar-refractivity contribution < 1.29 is 14.6 Å². The number of carboxylic acids is 1. The Balaban J connectivity index is 1.77. The number of ether oxygens (including phenoxy) is 1. The topological polar surface area (TPSA) is 49.8 Å². The fourth-order valence-electron chi connectivity index (χ4n) is 3.24. The molecule has 1 N–H and O–H groups in total. The van der Waals surface area contributed by atoms with Gasteiger partial charge in [-0.15, -0.1) is 0 Å². The number of hydrogen-bond donors (Lipinski definition) is 1. The lowest BCUT2D eigenvalue weighted by atomic mass is 9.98. The van der Waals surface area contributed by atoms with Crippen LogP contribution in [-0.4, -0.2) is 35.2 Å². The maximum absolute atomic E-state index is 11.2. The Kier molecular flexibility index (Phi) is 5.16. The van der Waals surface area contributed by atoms with E-state index in [4.69, 9.17) is 4.74 Å². The van der Waals surface area contributed by atoms with Crippen molar-refractivity contribution in [3.8, 4) is 5.75 Å². The standard InChI is InChI=1S/C20H23NO3/c1-2-10-21(13-15-6-4-3-5-7-15)18-12-17-11-16(20(22)23)8-9-19(17)24-14-18/h3-9,11,18H,2,10,12-14H2,1H3,(H,22,23)/t18-/m0/s1. The number of carbonyl (C=O) groups is 1. The molecule has 24 heavy (non-hydrogen) atoms. The Bertz CT molecular complexity index is 699. The van der Waals surface area contributed by atoms with Crippen LogP contribution >= 0.6 is 0 Å². The first-order valence-corrected chi connectivity index (χ1v) is 8.44. The lowest BCUT2D eigenvalue weighted by molar-refractivity contribution is 0.0696. The highest BCUT2D eigenvalue weighted by Gasteiger charge is 2.26. The van der Waals surface area contributed by atoms with E-state index in [1.807, 2.05) is 6.07 Å². The monoisotopic (exact) mass is 325 g/mol. The fraction of sp³-hybridized carbons (Fsp3) is 0.350. The van der Waals surface area contributed by atoms with Crippen LogP contribution in [0.4, 0.5) is 0 Å². The summed E-state index contributed by atoms with van der Waals surface area (Å²) < 4.78 is 5.90. The molecule has 4 nitrogen and oxygen atoms in total. The Morgan fingerprint density at radius 1 is 1.25 bits per heavy atom. The molecule has 0 aromatic heterocycles. The molecule has 0 bridgehead atoms. The first-order valence-electron chi connectivity index (χ1n) is 8.44. The number of hydrogen-bond acceptors (Lipinski definition) is 3. The molecule has 0 amide bonds. The van der Waals surface area contributed by atoms with E-state index in [2.05, 4.69) is 36.1 Å². The summed E-state index contributed by atoms with van der Waals surface area (Å²) in [6, 6.07) is 15.8. The van der Waals surface area contributed by atoms with E-state index >= 15 is 0 Å². The van der Waals surface area contributed by atoms with Crippen molar-refractivity contribution in [2.45, 2.75) is 32.4 Å². The minimum absolute atomic E-state index is 0.265. The molecular weight excluding hydrogens is 302 g/mol. The Morgan fingerprint density at radius 2 is 2.04 bits per heavy atom. The van der Waals surface area contributed by atoms with Gasteiger partial charge in [0.1, 0.15) is 12.4 Å². The molecule has 1 atom stereocenters. The molecule has 2 aromatic carbocycles. The normalized spacial score (nSPS) is 16.5. The second-order valence-corrected chi connectivity index (χ2v) is 6.25. The van der Waals surface area contributed by atoms with Gasteiger partial charge in [0.15, 0.2) is 0 Å². The Hall–Kier alpha value is -2.33. The van der Waals surface area contributed by atoms with Gasteiger partial charge in [-0.1, -0.05) is 37.3 Å². The van der Waals surface area contributed by atoms with E-state index in [1.54, 1.807) is 18.2 Å². The lowest BCUT2D eigenvalue weighted by Crippen LogP contribution is -2.43. The van der Waals surface area contributed by atoms with Gasteiger partial charge >= 0.3 is 5.97 Å². The van der Waals surface area contributed by atoms with Gasteiger partial charge in [0.2, 0.25) is 0 Å². The predicted octanol–water partition coefficient (Wildman–Crippen LogP) is 3.60. The lowest BCUT2D eigenvalue weighted by Gasteiger charge is -2.35. The Labute approximate surface area is 142 Å². The molecule has 0 unspecified atom stereocenters. The molecule has 3 rings (SSSR count). The molecule has 0 saturated heterocycles. The first kappa shape index (κ1) is 16.5. The van der Waals surface area contributed by atoms with Crippen LogP contribution in [0.2, 0.25) is 0 Å². The van der Waals surface area contributed by atoms with Gasteiger partial charge in [-0.3, -0.25) is 4.90 Å². The van der Waals surface area contributed by atoms with E-state index < -0.39 is 5.97 Å². The average Bonchev–Trinajstić information content (AvgIpc) is 2.61. The van der Waals surface area contributed by atoms with E-state index in [1.165, 1.54) is 5.56 Å². The summed E-state index contributed by atoms with van der Waals surface area (Å²) in [4.78, 5) is 13.6. The highest BCUT2D eigenvalue weighted by atomic mass is 16.5. The number of benzene rings is 2. The number of carboxylic acid groups (broad SMARTS) is 1. The van der Waals surface area contributed by atoms with Crippen molar-refractivity contribution in [1.82, 2.24) is 4.90 Å². The van der Waals surface area contributed by atoms with Crippen molar-refractivity contribution in [3.63, 3.8) is 0 Å². The summed E-state index contributed by atoms with van der Waals surface area (Å²) in [5.74, 6) is -0.0815. The van der Waals surface area contributed by atoms with E-state index in [-0.39, 0.29) is 6.04 Å². The van der Waals surface area contributed by atoms with Crippen LogP contribution in [0.5, 0.6) is 5.75 Å². The second kappa shape index (κ2) is 7.49. The van der Waals surface area contributed by atoms with Crippen molar-refractivity contribution in [1.29, 1.82) is 0 Å². The highest BCUT2D eigenvalue weighted by Crippen LogP contribution is 2.28. The van der Waals surface area contributed by atoms with Gasteiger partial charge in [-0.25, -0.2) is 4.79 Å². The van der Waals surface area contributed by atoms with Crippen molar-refractivity contribution in [2.24, 2.45) is 0 Å². The molecule has 0 fully saturated rings. The fourth-order valence-corrected chi connectivity index (χ4v) is 3.24. The second-order valence-electron chi connectivity index (χ2n) is 6.25. The molecular formula is C20H23NO3. The molecule has 0 aliphatic carbocycles. The molecule has 1 heterocycles. The first-order chi connectivity index (χ1) is 11.7. The van der Waals surface area contributed by atoms with Gasteiger partial charge < -0.3 is 9.84 Å². The van der Waals surface area contributed by atoms with Crippen LogP contribution in [0.3, 0.4) is 0 Å². The largest absolute Gasteiger partial charge is 0.492 e. The van der Waals surface area contributed by atoms with Gasteiger partial charge in [0.25, 0.3) is 0 Å². The zero-order valence-electron chi connectivity index (χ0n) is 13.9. The van der Waals surface area contributed by atoms with Crippen LogP contribution < -0.4 is 4.74 Å². The van der Waals surface area contributed by atoms with E-state index in [0.29, 0.717) is 12.2 Å². The van der Waals surface area contributed by atoms with Gasteiger partial charge in [0, 0.05) is 12.6 Å². The molecule has 0 spiro atoms. The van der Waals surface area contributed by atoms with Crippen LogP contribution in [-0.2, 0) is 13.0 Å². The molecule has 1 aliphatic rings. The predicted molar refractivity (Wildman–Crippen MR) is 93.5 cm³/mol. The minimum Gasteiger partial charge on any atom is -0.492 e. The number of aromatic carboxylic acids is 1. The van der Waals surface area contributed by atoms with Crippen LogP contribution in [0.25, 0.3) is 0 Å². The summed E-state index contributed by atoms with van der Waals surface area (Å²) in [5, 5.41) is 9.19. The quantitative estimate of drug-likeness (QED) is 0.881. The van der Waals surface area contributed by atoms with Gasteiger partial charge in [-0.2, -0.15) is 0 Å². The zero-order chi connectivity index (χ0) is 16.9. The van der Waals surface area contributed by atoms with Crippen molar-refractivity contribution in [2.75, 3.05) is 13.2 Å². The highest BCUT2D eigenvalue weighted by molar-refractivity contribution is 5.88. The minimum atomic E-state index is -0.894. The third-order valence-electron chi connectivity index (χ3n) is 4.45. The number of nitrogens with zero attached hydrogens (tertiary/aromatic N) is 1. The molecule has 4 heteroatoms.